The summed E-state index contributed by atoms with van der Waals surface area (Å²) < 4.78 is 25.0. The van der Waals surface area contributed by atoms with Gasteiger partial charge in [0.15, 0.2) is 0 Å². The number of hydrogen-bond acceptors (Lipinski definition) is 3. The van der Waals surface area contributed by atoms with Crippen molar-refractivity contribution in [2.45, 2.75) is 6.43 Å². The quantitative estimate of drug-likeness (QED) is 0.903. The van der Waals surface area contributed by atoms with E-state index in [1.165, 1.54) is 17.4 Å². The molecule has 0 unspecified atom stereocenters. The molecular formula is C9H5ClF2N2OS. The number of nitrogens with zero attached hydrogens (tertiary/aromatic N) is 1. The van der Waals surface area contributed by atoms with Crippen molar-refractivity contribution in [2.24, 2.45) is 0 Å². The number of carbonyl (C=O) groups excluding carboxylic acids is 1. The zero-order valence-corrected chi connectivity index (χ0v) is 9.28. The van der Waals surface area contributed by atoms with E-state index in [0.717, 1.165) is 4.70 Å². The molecule has 0 fully saturated rings. The Morgan fingerprint density at radius 2 is 2.25 bits per heavy atom. The van der Waals surface area contributed by atoms with Gasteiger partial charge in [-0.2, -0.15) is 8.78 Å². The maximum atomic E-state index is 12.1. The van der Waals surface area contributed by atoms with Crippen molar-refractivity contribution in [3.63, 3.8) is 0 Å². The Morgan fingerprint density at radius 1 is 1.50 bits per heavy atom. The van der Waals surface area contributed by atoms with Crippen LogP contribution in [0.4, 0.5) is 14.5 Å². The van der Waals surface area contributed by atoms with E-state index >= 15 is 0 Å². The van der Waals surface area contributed by atoms with Crippen molar-refractivity contribution in [3.8, 4) is 0 Å². The van der Waals surface area contributed by atoms with E-state index in [1.807, 2.05) is 0 Å². The molecule has 7 heteroatoms. The molecule has 0 bridgehead atoms. The molecule has 0 aliphatic rings. The summed E-state index contributed by atoms with van der Waals surface area (Å²) in [5.74, 6) is -1.39. The predicted molar refractivity (Wildman–Crippen MR) is 59.3 cm³/mol. The number of alkyl halides is 2. The van der Waals surface area contributed by atoms with Crippen LogP contribution >= 0.6 is 22.9 Å². The summed E-state index contributed by atoms with van der Waals surface area (Å²) in [5, 5.41) is 2.25. The lowest BCUT2D eigenvalue weighted by Crippen LogP contribution is -2.20. The number of rotatable bonds is 2. The van der Waals surface area contributed by atoms with Gasteiger partial charge in [-0.1, -0.05) is 11.6 Å². The van der Waals surface area contributed by atoms with Crippen LogP contribution in [0.1, 0.15) is 0 Å². The summed E-state index contributed by atoms with van der Waals surface area (Å²) in [4.78, 5) is 14.9. The first-order chi connectivity index (χ1) is 7.59. The SMILES string of the molecule is O=C(Nc1c(Cl)ccc2scnc12)C(F)F. The maximum absolute atomic E-state index is 12.1. The van der Waals surface area contributed by atoms with E-state index in [9.17, 15) is 13.6 Å². The van der Waals surface area contributed by atoms with E-state index in [0.29, 0.717) is 5.52 Å². The van der Waals surface area contributed by atoms with Crippen LogP contribution in [0, 0.1) is 0 Å². The third-order valence-electron chi connectivity index (χ3n) is 1.90. The summed E-state index contributed by atoms with van der Waals surface area (Å²) in [7, 11) is 0. The first-order valence-corrected chi connectivity index (χ1v) is 5.46. The number of hydrogen-bond donors (Lipinski definition) is 1. The average molecular weight is 263 g/mol. The van der Waals surface area contributed by atoms with Crippen LogP contribution in [-0.4, -0.2) is 17.3 Å². The second kappa shape index (κ2) is 4.31. The van der Waals surface area contributed by atoms with Crippen LogP contribution in [0.15, 0.2) is 17.6 Å². The van der Waals surface area contributed by atoms with Crippen LogP contribution < -0.4 is 5.32 Å². The van der Waals surface area contributed by atoms with Gasteiger partial charge in [0, 0.05) is 0 Å². The first kappa shape index (κ1) is 11.2. The largest absolute Gasteiger partial charge is 0.318 e. The van der Waals surface area contributed by atoms with Crippen LogP contribution in [-0.2, 0) is 4.79 Å². The third-order valence-corrected chi connectivity index (χ3v) is 3.01. The standard InChI is InChI=1S/C9H5ClF2N2OS/c10-4-1-2-5-7(13-3-16-5)6(4)14-9(15)8(11)12/h1-3,8H,(H,14,15). The highest BCUT2D eigenvalue weighted by Gasteiger charge is 2.18. The fraction of sp³-hybridized carbons (Fsp3) is 0.111. The normalized spacial score (nSPS) is 11.0. The van der Waals surface area contributed by atoms with Gasteiger partial charge in [-0.15, -0.1) is 11.3 Å². The molecular weight excluding hydrogens is 258 g/mol. The second-order valence-electron chi connectivity index (χ2n) is 2.91. The first-order valence-electron chi connectivity index (χ1n) is 4.20. The van der Waals surface area contributed by atoms with E-state index in [-0.39, 0.29) is 10.7 Å². The number of amides is 1. The number of carbonyl (C=O) groups is 1. The minimum Gasteiger partial charge on any atom is -0.318 e. The predicted octanol–water partition coefficient (Wildman–Crippen LogP) is 3.15. The van der Waals surface area contributed by atoms with Gasteiger partial charge < -0.3 is 5.32 Å². The van der Waals surface area contributed by atoms with Crippen molar-refractivity contribution < 1.29 is 13.6 Å². The molecule has 1 amide bonds. The monoisotopic (exact) mass is 262 g/mol. The maximum Gasteiger partial charge on any atom is 0.315 e. The van der Waals surface area contributed by atoms with E-state index in [4.69, 9.17) is 11.6 Å². The molecule has 16 heavy (non-hydrogen) atoms. The summed E-state index contributed by atoms with van der Waals surface area (Å²) >= 11 is 7.15. The average Bonchev–Trinajstić information content (AvgIpc) is 2.70. The Morgan fingerprint density at radius 3 is 2.94 bits per heavy atom. The van der Waals surface area contributed by atoms with Crippen molar-refractivity contribution in [3.05, 3.63) is 22.7 Å². The van der Waals surface area contributed by atoms with Crippen LogP contribution in [0.2, 0.25) is 5.02 Å². The van der Waals surface area contributed by atoms with Gasteiger partial charge in [0.05, 0.1) is 20.9 Å². The topological polar surface area (TPSA) is 42.0 Å². The van der Waals surface area contributed by atoms with Gasteiger partial charge in [-0.3, -0.25) is 4.79 Å². The highest BCUT2D eigenvalue weighted by molar-refractivity contribution is 7.16. The minimum absolute atomic E-state index is 0.130. The molecule has 2 rings (SSSR count). The van der Waals surface area contributed by atoms with Gasteiger partial charge in [0.2, 0.25) is 0 Å². The molecule has 0 saturated heterocycles. The molecule has 2 aromatic rings. The van der Waals surface area contributed by atoms with Gasteiger partial charge in [0.1, 0.15) is 5.52 Å². The number of aromatic nitrogens is 1. The second-order valence-corrected chi connectivity index (χ2v) is 4.20. The number of thiazole rings is 1. The Hall–Kier alpha value is -1.27. The van der Waals surface area contributed by atoms with Crippen LogP contribution in [0.3, 0.4) is 0 Å². The number of benzene rings is 1. The molecule has 1 N–H and O–H groups in total. The van der Waals surface area contributed by atoms with Gasteiger partial charge in [-0.05, 0) is 12.1 Å². The zero-order chi connectivity index (χ0) is 11.7. The van der Waals surface area contributed by atoms with Crippen molar-refractivity contribution in [2.75, 3.05) is 5.32 Å². The van der Waals surface area contributed by atoms with E-state index in [1.54, 1.807) is 11.6 Å². The highest BCUT2D eigenvalue weighted by Crippen LogP contribution is 2.32. The Balaban J connectivity index is 2.46. The molecule has 0 aliphatic carbocycles. The van der Waals surface area contributed by atoms with Crippen molar-refractivity contribution >= 4 is 44.7 Å². The zero-order valence-electron chi connectivity index (χ0n) is 7.71. The molecule has 84 valence electrons. The fourth-order valence-electron chi connectivity index (χ4n) is 1.20. The van der Waals surface area contributed by atoms with Gasteiger partial charge in [-0.25, -0.2) is 4.98 Å². The van der Waals surface area contributed by atoms with Gasteiger partial charge >= 0.3 is 6.43 Å². The Labute approximate surface area is 98.0 Å². The molecule has 0 atom stereocenters. The summed E-state index contributed by atoms with van der Waals surface area (Å²) in [6, 6.07) is 3.25. The Bertz CT molecular complexity index is 543. The van der Waals surface area contributed by atoms with Gasteiger partial charge in [0.25, 0.3) is 5.91 Å². The molecule has 1 aromatic heterocycles. The number of nitrogens with one attached hydrogen (secondary N) is 1. The summed E-state index contributed by atoms with van der Waals surface area (Å²) in [6.07, 6.45) is -3.08. The van der Waals surface area contributed by atoms with Crippen molar-refractivity contribution in [1.82, 2.24) is 4.98 Å². The third kappa shape index (κ3) is 1.98. The minimum atomic E-state index is -3.08. The van der Waals surface area contributed by atoms with Crippen molar-refractivity contribution in [1.29, 1.82) is 0 Å². The lowest BCUT2D eigenvalue weighted by atomic mass is 10.3. The Kier molecular flexibility index (Phi) is 3.02. The molecule has 0 aliphatic heterocycles. The number of halogens is 3. The molecule has 0 spiro atoms. The fourth-order valence-corrected chi connectivity index (χ4v) is 2.09. The van der Waals surface area contributed by atoms with Crippen LogP contribution in [0.25, 0.3) is 10.2 Å². The van der Waals surface area contributed by atoms with E-state index < -0.39 is 12.3 Å². The molecule has 3 nitrogen and oxygen atoms in total. The summed E-state index contributed by atoms with van der Waals surface area (Å²) in [5.41, 5.74) is 2.11. The number of anilines is 1. The molecule has 1 heterocycles. The lowest BCUT2D eigenvalue weighted by Gasteiger charge is -2.06. The molecule has 1 aromatic carbocycles. The van der Waals surface area contributed by atoms with E-state index in [2.05, 4.69) is 10.3 Å². The molecule has 0 radical (unpaired) electrons. The summed E-state index contributed by atoms with van der Waals surface area (Å²) in [6.45, 7) is 0. The number of fused-ring (bicyclic) bond motifs is 1. The smallest absolute Gasteiger partial charge is 0.315 e. The highest BCUT2D eigenvalue weighted by atomic mass is 35.5. The lowest BCUT2D eigenvalue weighted by molar-refractivity contribution is -0.126. The molecule has 0 saturated carbocycles. The van der Waals surface area contributed by atoms with Crippen LogP contribution in [0.5, 0.6) is 0 Å².